The van der Waals surface area contributed by atoms with E-state index in [9.17, 15) is 4.79 Å². The van der Waals surface area contributed by atoms with Gasteiger partial charge in [-0.25, -0.2) is 0 Å². The maximum absolute atomic E-state index is 12.0. The van der Waals surface area contributed by atoms with Crippen LogP contribution in [0, 0.1) is 0 Å². The Kier molecular flexibility index (Phi) is 5.96. The molecule has 94 valence electrons. The van der Waals surface area contributed by atoms with E-state index in [4.69, 9.17) is 23.2 Å². The number of carbonyl (C=O) groups excluding carboxylic acids is 1. The molecule has 1 unspecified atom stereocenters. The van der Waals surface area contributed by atoms with Crippen molar-refractivity contribution in [2.24, 2.45) is 0 Å². The van der Waals surface area contributed by atoms with Gasteiger partial charge in [-0.2, -0.15) is 0 Å². The number of carbonyl (C=O) groups is 1. The molecule has 1 aromatic rings. The van der Waals surface area contributed by atoms with Crippen LogP contribution in [0.1, 0.15) is 37.0 Å². The number of unbranched alkanes of at least 4 members (excludes halogenated alkanes) is 1. The first-order valence-electron chi connectivity index (χ1n) is 5.79. The molecule has 0 saturated heterocycles. The minimum absolute atomic E-state index is 0.0414. The van der Waals surface area contributed by atoms with Gasteiger partial charge in [-0.1, -0.05) is 36.5 Å². The Balaban J connectivity index is 2.65. The standard InChI is InChI=1S/C13H17Cl2NO/c1-3-4-7-16-9(2)13(17)10-5-6-11(14)12(15)8-10/h5-6,8-9,16H,3-4,7H2,1-2H3. The first-order chi connectivity index (χ1) is 8.06. The lowest BCUT2D eigenvalue weighted by Crippen LogP contribution is -2.34. The van der Waals surface area contributed by atoms with E-state index in [-0.39, 0.29) is 11.8 Å². The third kappa shape index (κ3) is 4.30. The molecule has 1 atom stereocenters. The number of hydrogen-bond donors (Lipinski definition) is 1. The number of hydrogen-bond acceptors (Lipinski definition) is 2. The highest BCUT2D eigenvalue weighted by molar-refractivity contribution is 6.42. The summed E-state index contributed by atoms with van der Waals surface area (Å²) in [5.41, 5.74) is 0.593. The molecule has 1 aromatic carbocycles. The fraction of sp³-hybridized carbons (Fsp3) is 0.462. The summed E-state index contributed by atoms with van der Waals surface area (Å²) in [7, 11) is 0. The van der Waals surface area contributed by atoms with Crippen molar-refractivity contribution in [3.63, 3.8) is 0 Å². The van der Waals surface area contributed by atoms with Crippen LogP contribution in [-0.4, -0.2) is 18.4 Å². The van der Waals surface area contributed by atoms with Crippen molar-refractivity contribution in [2.75, 3.05) is 6.54 Å². The molecule has 0 aromatic heterocycles. The van der Waals surface area contributed by atoms with Crippen molar-refractivity contribution < 1.29 is 4.79 Å². The third-order valence-corrected chi connectivity index (χ3v) is 3.32. The van der Waals surface area contributed by atoms with Gasteiger partial charge in [-0.3, -0.25) is 4.79 Å². The normalized spacial score (nSPS) is 12.5. The molecule has 0 heterocycles. The second-order valence-electron chi connectivity index (χ2n) is 4.02. The summed E-state index contributed by atoms with van der Waals surface area (Å²) >= 11 is 11.7. The zero-order valence-electron chi connectivity index (χ0n) is 10.1. The Morgan fingerprint density at radius 1 is 1.35 bits per heavy atom. The molecule has 2 nitrogen and oxygen atoms in total. The molecule has 0 fully saturated rings. The molecule has 1 N–H and O–H groups in total. The summed E-state index contributed by atoms with van der Waals surface area (Å²) in [6.07, 6.45) is 2.18. The highest BCUT2D eigenvalue weighted by atomic mass is 35.5. The van der Waals surface area contributed by atoms with E-state index in [0.717, 1.165) is 19.4 Å². The smallest absolute Gasteiger partial charge is 0.179 e. The second-order valence-corrected chi connectivity index (χ2v) is 4.84. The minimum Gasteiger partial charge on any atom is -0.307 e. The van der Waals surface area contributed by atoms with Gasteiger partial charge >= 0.3 is 0 Å². The van der Waals surface area contributed by atoms with E-state index >= 15 is 0 Å². The van der Waals surface area contributed by atoms with Crippen molar-refractivity contribution in [1.82, 2.24) is 5.32 Å². The number of nitrogens with one attached hydrogen (secondary N) is 1. The van der Waals surface area contributed by atoms with Gasteiger partial charge in [0.25, 0.3) is 0 Å². The average molecular weight is 274 g/mol. The molecule has 0 aliphatic rings. The molecule has 4 heteroatoms. The zero-order chi connectivity index (χ0) is 12.8. The van der Waals surface area contributed by atoms with Crippen LogP contribution in [0.25, 0.3) is 0 Å². The predicted octanol–water partition coefficient (Wildman–Crippen LogP) is 3.95. The largest absolute Gasteiger partial charge is 0.307 e. The van der Waals surface area contributed by atoms with E-state index in [2.05, 4.69) is 12.2 Å². The lowest BCUT2D eigenvalue weighted by atomic mass is 10.1. The Bertz CT molecular complexity index is 393. The Hall–Kier alpha value is -0.570. The summed E-state index contributed by atoms with van der Waals surface area (Å²) in [6, 6.07) is 4.77. The van der Waals surface area contributed by atoms with Crippen LogP contribution in [-0.2, 0) is 0 Å². The molecular weight excluding hydrogens is 257 g/mol. The van der Waals surface area contributed by atoms with Gasteiger partial charge in [0.05, 0.1) is 16.1 Å². The van der Waals surface area contributed by atoms with Crippen LogP contribution < -0.4 is 5.32 Å². The van der Waals surface area contributed by atoms with E-state index in [1.165, 1.54) is 0 Å². The molecule has 0 aliphatic carbocycles. The quantitative estimate of drug-likeness (QED) is 0.628. The molecule has 0 bridgehead atoms. The Morgan fingerprint density at radius 2 is 2.06 bits per heavy atom. The first-order valence-corrected chi connectivity index (χ1v) is 6.54. The molecular formula is C13H17Cl2NO. The van der Waals surface area contributed by atoms with Gasteiger partial charge in [0, 0.05) is 5.56 Å². The van der Waals surface area contributed by atoms with Crippen molar-refractivity contribution in [3.8, 4) is 0 Å². The van der Waals surface area contributed by atoms with Crippen LogP contribution in [0.4, 0.5) is 0 Å². The maximum atomic E-state index is 12.0. The Labute approximate surface area is 112 Å². The minimum atomic E-state index is -0.196. The number of ketones is 1. The van der Waals surface area contributed by atoms with Crippen LogP contribution in [0.2, 0.25) is 10.0 Å². The summed E-state index contributed by atoms with van der Waals surface area (Å²) in [6.45, 7) is 4.83. The Morgan fingerprint density at radius 3 is 2.65 bits per heavy atom. The summed E-state index contributed by atoms with van der Waals surface area (Å²) in [5, 5.41) is 4.07. The number of benzene rings is 1. The molecule has 0 amide bonds. The van der Waals surface area contributed by atoms with Gasteiger partial charge < -0.3 is 5.32 Å². The van der Waals surface area contributed by atoms with Crippen molar-refractivity contribution in [2.45, 2.75) is 32.7 Å². The number of rotatable bonds is 6. The van der Waals surface area contributed by atoms with Crippen LogP contribution in [0.5, 0.6) is 0 Å². The van der Waals surface area contributed by atoms with Crippen LogP contribution in [0.3, 0.4) is 0 Å². The number of halogens is 2. The molecule has 0 aliphatic heterocycles. The fourth-order valence-electron chi connectivity index (χ4n) is 1.49. The van der Waals surface area contributed by atoms with Crippen molar-refractivity contribution >= 4 is 29.0 Å². The lowest BCUT2D eigenvalue weighted by Gasteiger charge is -2.12. The van der Waals surface area contributed by atoms with Crippen LogP contribution in [0.15, 0.2) is 18.2 Å². The van der Waals surface area contributed by atoms with Crippen molar-refractivity contribution in [1.29, 1.82) is 0 Å². The van der Waals surface area contributed by atoms with E-state index in [1.807, 2.05) is 6.92 Å². The van der Waals surface area contributed by atoms with Gasteiger partial charge in [-0.05, 0) is 38.1 Å². The number of Topliss-reactive ketones (excluding diaryl/α,β-unsaturated/α-hetero) is 1. The van der Waals surface area contributed by atoms with E-state index < -0.39 is 0 Å². The molecule has 0 radical (unpaired) electrons. The molecule has 17 heavy (non-hydrogen) atoms. The van der Waals surface area contributed by atoms with Gasteiger partial charge in [0.1, 0.15) is 0 Å². The van der Waals surface area contributed by atoms with Gasteiger partial charge in [-0.15, -0.1) is 0 Å². The average Bonchev–Trinajstić information content (AvgIpc) is 2.32. The summed E-state index contributed by atoms with van der Waals surface area (Å²) in [4.78, 5) is 12.0. The first kappa shape index (κ1) is 14.5. The maximum Gasteiger partial charge on any atom is 0.179 e. The molecule has 0 saturated carbocycles. The summed E-state index contributed by atoms with van der Waals surface area (Å²) < 4.78 is 0. The highest BCUT2D eigenvalue weighted by Gasteiger charge is 2.15. The molecule has 1 rings (SSSR count). The SMILES string of the molecule is CCCCNC(C)C(=O)c1ccc(Cl)c(Cl)c1. The molecule has 0 spiro atoms. The van der Waals surface area contributed by atoms with E-state index in [1.54, 1.807) is 18.2 Å². The monoisotopic (exact) mass is 273 g/mol. The summed E-state index contributed by atoms with van der Waals surface area (Å²) in [5.74, 6) is 0.0414. The van der Waals surface area contributed by atoms with Crippen molar-refractivity contribution in [3.05, 3.63) is 33.8 Å². The fourth-order valence-corrected chi connectivity index (χ4v) is 1.79. The highest BCUT2D eigenvalue weighted by Crippen LogP contribution is 2.23. The van der Waals surface area contributed by atoms with Crippen LogP contribution >= 0.6 is 23.2 Å². The zero-order valence-corrected chi connectivity index (χ0v) is 11.6. The predicted molar refractivity (Wildman–Crippen MR) is 73.2 cm³/mol. The second kappa shape index (κ2) is 7.00. The van der Waals surface area contributed by atoms with Gasteiger partial charge in [0.15, 0.2) is 5.78 Å². The third-order valence-electron chi connectivity index (χ3n) is 2.58. The topological polar surface area (TPSA) is 29.1 Å². The van der Waals surface area contributed by atoms with E-state index in [0.29, 0.717) is 15.6 Å². The lowest BCUT2D eigenvalue weighted by molar-refractivity contribution is 0.0951. The van der Waals surface area contributed by atoms with Gasteiger partial charge in [0.2, 0.25) is 0 Å².